The Hall–Kier alpha value is -1.26. The Balaban J connectivity index is 2.73. The first-order chi connectivity index (χ1) is 6.35. The Labute approximate surface area is 78.7 Å². The number of aldehydes is 1. The van der Waals surface area contributed by atoms with Crippen molar-refractivity contribution < 1.29 is 9.90 Å². The van der Waals surface area contributed by atoms with E-state index in [0.29, 0.717) is 11.1 Å². The third kappa shape index (κ3) is 1.34. The van der Waals surface area contributed by atoms with Crippen LogP contribution in [0.3, 0.4) is 0 Å². The van der Waals surface area contributed by atoms with Crippen LogP contribution in [-0.4, -0.2) is 16.4 Å². The van der Waals surface area contributed by atoms with Gasteiger partial charge in [0.2, 0.25) is 0 Å². The first-order valence-electron chi connectivity index (χ1n) is 3.77. The van der Waals surface area contributed by atoms with Gasteiger partial charge in [0.1, 0.15) is 6.29 Å². The largest absolute Gasteiger partial charge is 0.392 e. The highest BCUT2D eigenvalue weighted by Crippen LogP contribution is 2.21. The Morgan fingerprint density at radius 2 is 2.38 bits per heavy atom. The number of carbonyl (C=O) groups excluding carboxylic acids is 1. The number of aromatic nitrogens is 1. The number of thiazole rings is 1. The fraction of sp³-hybridized carbons (Fsp3) is 0.111. The lowest BCUT2D eigenvalue weighted by atomic mass is 10.1. The molecule has 0 radical (unpaired) electrons. The molecule has 1 heterocycles. The molecule has 0 atom stereocenters. The zero-order valence-electron chi connectivity index (χ0n) is 6.73. The van der Waals surface area contributed by atoms with E-state index >= 15 is 0 Å². The molecule has 0 spiro atoms. The van der Waals surface area contributed by atoms with Crippen molar-refractivity contribution in [1.29, 1.82) is 0 Å². The van der Waals surface area contributed by atoms with Crippen molar-refractivity contribution in [3.8, 4) is 0 Å². The molecule has 13 heavy (non-hydrogen) atoms. The van der Waals surface area contributed by atoms with Crippen LogP contribution in [0.5, 0.6) is 0 Å². The summed E-state index contributed by atoms with van der Waals surface area (Å²) in [6.07, 6.45) is 0.740. The second kappa shape index (κ2) is 3.24. The number of benzene rings is 1. The van der Waals surface area contributed by atoms with Gasteiger partial charge in [-0.05, 0) is 17.7 Å². The van der Waals surface area contributed by atoms with Gasteiger partial charge in [0.05, 0.1) is 22.3 Å². The highest BCUT2D eigenvalue weighted by Gasteiger charge is 2.04. The van der Waals surface area contributed by atoms with Crippen molar-refractivity contribution >= 4 is 27.8 Å². The zero-order chi connectivity index (χ0) is 9.26. The van der Waals surface area contributed by atoms with Crippen molar-refractivity contribution in [3.63, 3.8) is 0 Å². The number of aliphatic hydroxyl groups excluding tert-OH is 1. The summed E-state index contributed by atoms with van der Waals surface area (Å²) in [6, 6.07) is 3.50. The Morgan fingerprint density at radius 1 is 1.54 bits per heavy atom. The summed E-state index contributed by atoms with van der Waals surface area (Å²) in [5.74, 6) is 0. The molecule has 0 aliphatic heterocycles. The minimum Gasteiger partial charge on any atom is -0.392 e. The van der Waals surface area contributed by atoms with E-state index in [9.17, 15) is 4.79 Å². The third-order valence-electron chi connectivity index (χ3n) is 1.89. The molecule has 4 heteroatoms. The van der Waals surface area contributed by atoms with Gasteiger partial charge in [-0.1, -0.05) is 0 Å². The number of nitrogens with zero attached hydrogens (tertiary/aromatic N) is 1. The molecule has 0 aliphatic rings. The molecule has 3 nitrogen and oxygen atoms in total. The predicted molar refractivity (Wildman–Crippen MR) is 50.9 cm³/mol. The standard InChI is InChI=1S/C9H7NO2S/c11-3-6-1-8-9(13-5-10-8)2-7(6)4-12/h1-3,5,12H,4H2. The van der Waals surface area contributed by atoms with E-state index in [4.69, 9.17) is 5.11 Å². The summed E-state index contributed by atoms with van der Waals surface area (Å²) in [6.45, 7) is -0.109. The molecule has 1 aromatic heterocycles. The van der Waals surface area contributed by atoms with Crippen molar-refractivity contribution in [2.24, 2.45) is 0 Å². The molecule has 66 valence electrons. The van der Waals surface area contributed by atoms with E-state index in [-0.39, 0.29) is 6.61 Å². The topological polar surface area (TPSA) is 50.2 Å². The van der Waals surface area contributed by atoms with Crippen LogP contribution >= 0.6 is 11.3 Å². The fourth-order valence-electron chi connectivity index (χ4n) is 1.21. The quantitative estimate of drug-likeness (QED) is 0.737. The number of hydrogen-bond donors (Lipinski definition) is 1. The van der Waals surface area contributed by atoms with E-state index in [1.54, 1.807) is 17.6 Å². The molecule has 2 rings (SSSR count). The van der Waals surface area contributed by atoms with Gasteiger partial charge in [0.15, 0.2) is 0 Å². The van der Waals surface area contributed by atoms with Crippen molar-refractivity contribution in [2.45, 2.75) is 6.61 Å². The minimum absolute atomic E-state index is 0.109. The molecule has 0 unspecified atom stereocenters. The monoisotopic (exact) mass is 193 g/mol. The molecular formula is C9H7NO2S. The van der Waals surface area contributed by atoms with E-state index in [2.05, 4.69) is 4.98 Å². The van der Waals surface area contributed by atoms with Gasteiger partial charge in [-0.25, -0.2) is 4.98 Å². The van der Waals surface area contributed by atoms with Gasteiger partial charge >= 0.3 is 0 Å². The minimum atomic E-state index is -0.109. The second-order valence-corrected chi connectivity index (χ2v) is 3.53. The number of fused-ring (bicyclic) bond motifs is 1. The lowest BCUT2D eigenvalue weighted by Gasteiger charge is -1.99. The van der Waals surface area contributed by atoms with Gasteiger partial charge in [-0.2, -0.15) is 0 Å². The highest BCUT2D eigenvalue weighted by molar-refractivity contribution is 7.16. The van der Waals surface area contributed by atoms with Crippen LogP contribution < -0.4 is 0 Å². The van der Waals surface area contributed by atoms with Crippen LogP contribution in [0, 0.1) is 0 Å². The number of aliphatic hydroxyl groups is 1. The maximum absolute atomic E-state index is 10.6. The molecule has 2 aromatic rings. The van der Waals surface area contributed by atoms with E-state index in [1.165, 1.54) is 11.3 Å². The van der Waals surface area contributed by atoms with Crippen LogP contribution in [-0.2, 0) is 6.61 Å². The molecule has 0 saturated heterocycles. The van der Waals surface area contributed by atoms with Crippen molar-refractivity contribution in [2.75, 3.05) is 0 Å². The van der Waals surface area contributed by atoms with E-state index < -0.39 is 0 Å². The van der Waals surface area contributed by atoms with Crippen LogP contribution in [0.2, 0.25) is 0 Å². The number of carbonyl (C=O) groups is 1. The van der Waals surface area contributed by atoms with Gasteiger partial charge in [-0.15, -0.1) is 11.3 Å². The molecule has 0 bridgehead atoms. The lowest BCUT2D eigenvalue weighted by Crippen LogP contribution is -1.91. The Morgan fingerprint density at radius 3 is 3.08 bits per heavy atom. The smallest absolute Gasteiger partial charge is 0.150 e. The Kier molecular flexibility index (Phi) is 2.08. The molecule has 0 aliphatic carbocycles. The average molecular weight is 193 g/mol. The van der Waals surface area contributed by atoms with Crippen LogP contribution in [0.4, 0.5) is 0 Å². The maximum atomic E-state index is 10.6. The van der Waals surface area contributed by atoms with Gasteiger partial charge in [-0.3, -0.25) is 4.79 Å². The molecule has 1 N–H and O–H groups in total. The fourth-order valence-corrected chi connectivity index (χ4v) is 1.93. The van der Waals surface area contributed by atoms with Crippen LogP contribution in [0.25, 0.3) is 10.2 Å². The van der Waals surface area contributed by atoms with Crippen molar-refractivity contribution in [1.82, 2.24) is 4.98 Å². The Bertz CT molecular complexity index is 450. The molecule has 0 saturated carbocycles. The molecule has 0 amide bonds. The average Bonchev–Trinajstić information content (AvgIpc) is 2.62. The summed E-state index contributed by atoms with van der Waals surface area (Å²) >= 11 is 1.50. The summed E-state index contributed by atoms with van der Waals surface area (Å²) in [4.78, 5) is 14.7. The third-order valence-corrected chi connectivity index (χ3v) is 2.68. The SMILES string of the molecule is O=Cc1cc2ncsc2cc1CO. The van der Waals surface area contributed by atoms with Crippen molar-refractivity contribution in [3.05, 3.63) is 28.8 Å². The summed E-state index contributed by atoms with van der Waals surface area (Å²) < 4.78 is 0.995. The summed E-state index contributed by atoms with van der Waals surface area (Å²) in [7, 11) is 0. The number of rotatable bonds is 2. The summed E-state index contributed by atoms with van der Waals surface area (Å²) in [5, 5.41) is 8.97. The van der Waals surface area contributed by atoms with E-state index in [1.807, 2.05) is 0 Å². The number of hydrogen-bond acceptors (Lipinski definition) is 4. The van der Waals surface area contributed by atoms with Crippen LogP contribution in [0.1, 0.15) is 15.9 Å². The lowest BCUT2D eigenvalue weighted by molar-refractivity contribution is 0.112. The summed E-state index contributed by atoms with van der Waals surface area (Å²) in [5.41, 5.74) is 3.71. The zero-order valence-corrected chi connectivity index (χ0v) is 7.54. The predicted octanol–water partition coefficient (Wildman–Crippen LogP) is 1.60. The van der Waals surface area contributed by atoms with Gasteiger partial charge < -0.3 is 5.11 Å². The van der Waals surface area contributed by atoms with Gasteiger partial charge in [0, 0.05) is 5.56 Å². The second-order valence-electron chi connectivity index (χ2n) is 2.65. The van der Waals surface area contributed by atoms with Crippen LogP contribution in [0.15, 0.2) is 17.6 Å². The molecule has 0 fully saturated rings. The van der Waals surface area contributed by atoms with E-state index in [0.717, 1.165) is 16.5 Å². The van der Waals surface area contributed by atoms with Gasteiger partial charge in [0.25, 0.3) is 0 Å². The molecular weight excluding hydrogens is 186 g/mol. The first kappa shape index (κ1) is 8.34. The maximum Gasteiger partial charge on any atom is 0.150 e. The normalized spacial score (nSPS) is 10.5. The molecule has 1 aromatic carbocycles. The first-order valence-corrected chi connectivity index (χ1v) is 4.65. The highest BCUT2D eigenvalue weighted by atomic mass is 32.1.